The zero-order valence-electron chi connectivity index (χ0n) is 14.8. The molecule has 1 aliphatic rings. The Kier molecular flexibility index (Phi) is 5.16. The van der Waals surface area contributed by atoms with Crippen LogP contribution in [0.4, 0.5) is 0 Å². The van der Waals surface area contributed by atoms with E-state index < -0.39 is 0 Å². The van der Waals surface area contributed by atoms with Crippen LogP contribution in [-0.2, 0) is 6.54 Å². The Morgan fingerprint density at radius 1 is 1.04 bits per heavy atom. The van der Waals surface area contributed by atoms with Crippen molar-refractivity contribution in [2.24, 2.45) is 0 Å². The molecule has 1 fully saturated rings. The molecule has 128 valence electrons. The number of hydrogen-bond donors (Lipinski definition) is 0. The van der Waals surface area contributed by atoms with E-state index >= 15 is 0 Å². The second-order valence-electron chi connectivity index (χ2n) is 6.70. The largest absolute Gasteiger partial charge is 0.336 e. The summed E-state index contributed by atoms with van der Waals surface area (Å²) in [5, 5.41) is 8.86. The predicted molar refractivity (Wildman–Crippen MR) is 98.3 cm³/mol. The Hall–Kier alpha value is -2.64. The van der Waals surface area contributed by atoms with Crippen LogP contribution in [0.2, 0.25) is 0 Å². The van der Waals surface area contributed by atoms with Crippen LogP contribution in [0.1, 0.15) is 32.6 Å². The van der Waals surface area contributed by atoms with E-state index in [9.17, 15) is 4.79 Å². The van der Waals surface area contributed by atoms with Crippen molar-refractivity contribution in [3.63, 3.8) is 0 Å². The Morgan fingerprint density at radius 2 is 1.72 bits per heavy atom. The molecule has 2 aromatic rings. The zero-order valence-corrected chi connectivity index (χ0v) is 14.8. The number of piperazine rings is 1. The van der Waals surface area contributed by atoms with E-state index in [2.05, 4.69) is 11.0 Å². The van der Waals surface area contributed by atoms with E-state index in [-0.39, 0.29) is 5.91 Å². The third-order valence-corrected chi connectivity index (χ3v) is 4.77. The van der Waals surface area contributed by atoms with Gasteiger partial charge < -0.3 is 4.90 Å². The first-order chi connectivity index (χ1) is 12.1. The van der Waals surface area contributed by atoms with E-state index in [4.69, 9.17) is 5.26 Å². The van der Waals surface area contributed by atoms with E-state index in [1.165, 1.54) is 5.56 Å². The van der Waals surface area contributed by atoms with Crippen molar-refractivity contribution in [1.29, 1.82) is 5.26 Å². The molecule has 0 aromatic heterocycles. The summed E-state index contributed by atoms with van der Waals surface area (Å²) < 4.78 is 0. The number of benzene rings is 2. The molecule has 0 aliphatic carbocycles. The monoisotopic (exact) mass is 333 g/mol. The van der Waals surface area contributed by atoms with Gasteiger partial charge in [-0.15, -0.1) is 0 Å². The third-order valence-electron chi connectivity index (χ3n) is 4.77. The molecule has 0 saturated carbocycles. The van der Waals surface area contributed by atoms with Gasteiger partial charge in [-0.1, -0.05) is 29.8 Å². The molecule has 0 N–H and O–H groups in total. The lowest BCUT2D eigenvalue weighted by atomic mass is 10.0. The normalized spacial score (nSPS) is 15.0. The Balaban J connectivity index is 1.58. The second kappa shape index (κ2) is 7.50. The van der Waals surface area contributed by atoms with Crippen molar-refractivity contribution in [2.75, 3.05) is 26.2 Å². The van der Waals surface area contributed by atoms with Gasteiger partial charge >= 0.3 is 0 Å². The molecule has 1 saturated heterocycles. The van der Waals surface area contributed by atoms with Crippen LogP contribution in [0.15, 0.2) is 42.5 Å². The fraction of sp³-hybridized carbons (Fsp3) is 0.333. The first-order valence-corrected chi connectivity index (χ1v) is 8.65. The standard InChI is InChI=1S/C21H23N3O/c1-16-3-4-17(2)20(13-16)21(25)24-11-9-23(10-12-24)15-19-7-5-18(14-22)6-8-19/h3-8,13H,9-12,15H2,1-2H3. The highest BCUT2D eigenvalue weighted by Gasteiger charge is 2.23. The lowest BCUT2D eigenvalue weighted by Gasteiger charge is -2.35. The Morgan fingerprint density at radius 3 is 2.36 bits per heavy atom. The van der Waals surface area contributed by atoms with Crippen LogP contribution in [0.25, 0.3) is 0 Å². The van der Waals surface area contributed by atoms with Gasteiger partial charge in [-0.2, -0.15) is 5.26 Å². The topological polar surface area (TPSA) is 47.3 Å². The summed E-state index contributed by atoms with van der Waals surface area (Å²) in [6.45, 7) is 8.12. The van der Waals surface area contributed by atoms with Crippen LogP contribution < -0.4 is 0 Å². The third kappa shape index (κ3) is 4.07. The van der Waals surface area contributed by atoms with E-state index in [0.29, 0.717) is 5.56 Å². The number of carbonyl (C=O) groups excluding carboxylic acids is 1. The van der Waals surface area contributed by atoms with Gasteiger partial charge in [0.15, 0.2) is 0 Å². The van der Waals surface area contributed by atoms with Crippen molar-refractivity contribution in [2.45, 2.75) is 20.4 Å². The number of nitrogens with zero attached hydrogens (tertiary/aromatic N) is 3. The summed E-state index contributed by atoms with van der Waals surface area (Å²) in [6, 6.07) is 15.9. The number of nitriles is 1. The fourth-order valence-corrected chi connectivity index (χ4v) is 3.19. The first-order valence-electron chi connectivity index (χ1n) is 8.65. The van der Waals surface area contributed by atoms with Crippen molar-refractivity contribution in [1.82, 2.24) is 9.80 Å². The maximum absolute atomic E-state index is 12.8. The minimum atomic E-state index is 0.138. The highest BCUT2D eigenvalue weighted by Crippen LogP contribution is 2.16. The number of hydrogen-bond acceptors (Lipinski definition) is 3. The van der Waals surface area contributed by atoms with Crippen LogP contribution in [0, 0.1) is 25.2 Å². The van der Waals surface area contributed by atoms with Crippen LogP contribution in [0.5, 0.6) is 0 Å². The maximum atomic E-state index is 12.8. The quantitative estimate of drug-likeness (QED) is 0.867. The molecule has 1 aliphatic heterocycles. The zero-order chi connectivity index (χ0) is 17.8. The highest BCUT2D eigenvalue weighted by atomic mass is 16.2. The average Bonchev–Trinajstić information content (AvgIpc) is 2.64. The lowest BCUT2D eigenvalue weighted by Crippen LogP contribution is -2.48. The number of rotatable bonds is 3. The van der Waals surface area contributed by atoms with E-state index in [1.807, 2.05) is 61.2 Å². The van der Waals surface area contributed by atoms with Gasteiger partial charge in [-0.25, -0.2) is 0 Å². The summed E-state index contributed by atoms with van der Waals surface area (Å²) in [5.41, 5.74) is 4.87. The number of amides is 1. The minimum absolute atomic E-state index is 0.138. The number of carbonyl (C=O) groups is 1. The Labute approximate surface area is 149 Å². The fourth-order valence-electron chi connectivity index (χ4n) is 3.19. The smallest absolute Gasteiger partial charge is 0.254 e. The Bertz CT molecular complexity index is 797. The van der Waals surface area contributed by atoms with Gasteiger partial charge in [-0.05, 0) is 43.2 Å². The van der Waals surface area contributed by atoms with Crippen molar-refractivity contribution in [3.8, 4) is 6.07 Å². The molecule has 0 bridgehead atoms. The maximum Gasteiger partial charge on any atom is 0.254 e. The van der Waals surface area contributed by atoms with Crippen molar-refractivity contribution < 1.29 is 4.79 Å². The summed E-state index contributed by atoms with van der Waals surface area (Å²) in [6.07, 6.45) is 0. The van der Waals surface area contributed by atoms with Gasteiger partial charge in [-0.3, -0.25) is 9.69 Å². The molecule has 25 heavy (non-hydrogen) atoms. The first kappa shape index (κ1) is 17.2. The van der Waals surface area contributed by atoms with Gasteiger partial charge in [0.2, 0.25) is 0 Å². The van der Waals surface area contributed by atoms with Gasteiger partial charge in [0, 0.05) is 38.3 Å². The molecule has 3 rings (SSSR count). The summed E-state index contributed by atoms with van der Waals surface area (Å²) in [7, 11) is 0. The van der Waals surface area contributed by atoms with Crippen LogP contribution >= 0.6 is 0 Å². The SMILES string of the molecule is Cc1ccc(C)c(C(=O)N2CCN(Cc3ccc(C#N)cc3)CC2)c1. The molecule has 0 radical (unpaired) electrons. The van der Waals surface area contributed by atoms with Gasteiger partial charge in [0.25, 0.3) is 5.91 Å². The van der Waals surface area contributed by atoms with Crippen LogP contribution in [-0.4, -0.2) is 41.9 Å². The average molecular weight is 333 g/mol. The van der Waals surface area contributed by atoms with Crippen LogP contribution in [0.3, 0.4) is 0 Å². The summed E-state index contributed by atoms with van der Waals surface area (Å²) in [4.78, 5) is 17.1. The molecule has 2 aromatic carbocycles. The van der Waals surface area contributed by atoms with E-state index in [1.54, 1.807) is 0 Å². The molecule has 1 heterocycles. The predicted octanol–water partition coefficient (Wildman–Crippen LogP) is 3.13. The lowest BCUT2D eigenvalue weighted by molar-refractivity contribution is 0.0627. The second-order valence-corrected chi connectivity index (χ2v) is 6.70. The summed E-state index contributed by atoms with van der Waals surface area (Å²) in [5.74, 6) is 0.138. The van der Waals surface area contributed by atoms with Gasteiger partial charge in [0.1, 0.15) is 0 Å². The minimum Gasteiger partial charge on any atom is -0.336 e. The number of aryl methyl sites for hydroxylation is 2. The molecule has 0 spiro atoms. The van der Waals surface area contributed by atoms with E-state index in [0.717, 1.165) is 49.4 Å². The van der Waals surface area contributed by atoms with Crippen molar-refractivity contribution >= 4 is 5.91 Å². The summed E-state index contributed by atoms with van der Waals surface area (Å²) >= 11 is 0. The molecule has 4 nitrogen and oxygen atoms in total. The van der Waals surface area contributed by atoms with Crippen molar-refractivity contribution in [3.05, 3.63) is 70.3 Å². The molecule has 0 unspecified atom stereocenters. The molecular formula is C21H23N3O. The molecular weight excluding hydrogens is 310 g/mol. The van der Waals surface area contributed by atoms with Gasteiger partial charge in [0.05, 0.1) is 11.6 Å². The molecule has 1 amide bonds. The molecule has 0 atom stereocenters. The molecule has 4 heteroatoms. The highest BCUT2D eigenvalue weighted by molar-refractivity contribution is 5.95.